The number of aldehydes is 1. The fourth-order valence-electron chi connectivity index (χ4n) is 1.34. The van der Waals surface area contributed by atoms with Gasteiger partial charge in [-0.25, -0.2) is 4.39 Å². The van der Waals surface area contributed by atoms with Crippen molar-refractivity contribution in [3.05, 3.63) is 0 Å². The predicted octanol–water partition coefficient (Wildman–Crippen LogP) is 1.06. The Morgan fingerprint density at radius 3 is 1.88 bits per heavy atom. The summed E-state index contributed by atoms with van der Waals surface area (Å²) in [5.74, 6) is -0.243. The summed E-state index contributed by atoms with van der Waals surface area (Å²) in [6.07, 6.45) is -6.59. The van der Waals surface area contributed by atoms with Crippen molar-refractivity contribution in [2.24, 2.45) is 5.92 Å². The lowest BCUT2D eigenvalue weighted by atomic mass is 9.89. The summed E-state index contributed by atoms with van der Waals surface area (Å²) < 4.78 is 44.1. The third-order valence-corrected chi connectivity index (χ3v) is 2.18. The van der Waals surface area contributed by atoms with E-state index in [1.54, 1.807) is 13.8 Å². The zero-order valence-electron chi connectivity index (χ0n) is 9.01. The standard InChI is InChI=1S/C7H14FNO.C2HF3O/c1-7(2,10)5-3-9-4-6(5)8;3-2(4,5)1-6/h5-6,9-10H,3-4H2,1-2H3;1H. The summed E-state index contributed by atoms with van der Waals surface area (Å²) in [5, 5.41) is 12.3. The number of nitrogens with one attached hydrogen (secondary N) is 1. The fourth-order valence-corrected chi connectivity index (χ4v) is 1.34. The second-order valence-electron chi connectivity index (χ2n) is 4.09. The molecule has 0 aromatic rings. The monoisotopic (exact) mass is 245 g/mol. The van der Waals surface area contributed by atoms with Gasteiger partial charge in [0.2, 0.25) is 6.29 Å². The second-order valence-corrected chi connectivity index (χ2v) is 4.09. The lowest BCUT2D eigenvalue weighted by Gasteiger charge is -2.25. The first kappa shape index (κ1) is 15.3. The topological polar surface area (TPSA) is 49.3 Å². The second kappa shape index (κ2) is 5.58. The SMILES string of the molecule is CC(C)(O)C1CNCC1F.O=CC(F)(F)F. The van der Waals surface area contributed by atoms with Crippen molar-refractivity contribution in [3.63, 3.8) is 0 Å². The molecule has 0 amide bonds. The highest BCUT2D eigenvalue weighted by Gasteiger charge is 2.37. The van der Waals surface area contributed by atoms with E-state index in [0.29, 0.717) is 13.1 Å². The first-order chi connectivity index (χ1) is 7.08. The van der Waals surface area contributed by atoms with Crippen LogP contribution < -0.4 is 5.32 Å². The van der Waals surface area contributed by atoms with Crippen molar-refractivity contribution in [1.29, 1.82) is 0 Å². The highest BCUT2D eigenvalue weighted by atomic mass is 19.4. The molecule has 0 aromatic carbocycles. The Balaban J connectivity index is 0.000000325. The van der Waals surface area contributed by atoms with Gasteiger partial charge in [0.05, 0.1) is 5.60 Å². The third-order valence-electron chi connectivity index (χ3n) is 2.18. The van der Waals surface area contributed by atoms with Crippen molar-refractivity contribution >= 4 is 6.29 Å². The summed E-state index contributed by atoms with van der Waals surface area (Å²) in [7, 11) is 0. The molecule has 0 spiro atoms. The summed E-state index contributed by atoms with van der Waals surface area (Å²) in [5.41, 5.74) is -0.886. The van der Waals surface area contributed by atoms with Crippen LogP contribution in [0.5, 0.6) is 0 Å². The van der Waals surface area contributed by atoms with Gasteiger partial charge in [0, 0.05) is 19.0 Å². The maximum atomic E-state index is 12.9. The van der Waals surface area contributed by atoms with Crippen LogP contribution in [0.1, 0.15) is 13.8 Å². The van der Waals surface area contributed by atoms with Crippen LogP contribution in [0.15, 0.2) is 0 Å². The molecule has 0 radical (unpaired) electrons. The Bertz CT molecular complexity index is 225. The molecule has 0 aliphatic carbocycles. The van der Waals surface area contributed by atoms with E-state index in [2.05, 4.69) is 5.32 Å². The van der Waals surface area contributed by atoms with E-state index in [0.717, 1.165) is 0 Å². The van der Waals surface area contributed by atoms with Gasteiger partial charge in [-0.05, 0) is 13.8 Å². The van der Waals surface area contributed by atoms with Crippen LogP contribution in [0.4, 0.5) is 17.6 Å². The Morgan fingerprint density at radius 1 is 1.31 bits per heavy atom. The highest BCUT2D eigenvalue weighted by Crippen LogP contribution is 2.24. The van der Waals surface area contributed by atoms with Crippen molar-refractivity contribution in [2.75, 3.05) is 13.1 Å². The first-order valence-electron chi connectivity index (χ1n) is 4.68. The summed E-state index contributed by atoms with van der Waals surface area (Å²) in [6, 6.07) is 0. The van der Waals surface area contributed by atoms with Gasteiger partial charge < -0.3 is 10.4 Å². The maximum Gasteiger partial charge on any atom is 0.446 e. The number of hydrogen-bond donors (Lipinski definition) is 2. The number of rotatable bonds is 1. The third kappa shape index (κ3) is 6.02. The van der Waals surface area contributed by atoms with Gasteiger partial charge in [-0.15, -0.1) is 0 Å². The largest absolute Gasteiger partial charge is 0.446 e. The molecule has 2 N–H and O–H groups in total. The van der Waals surface area contributed by atoms with Gasteiger partial charge in [-0.3, -0.25) is 4.79 Å². The minimum Gasteiger partial charge on any atom is -0.390 e. The molecule has 0 bridgehead atoms. The Kier molecular flexibility index (Phi) is 5.34. The molecule has 16 heavy (non-hydrogen) atoms. The number of hydrogen-bond acceptors (Lipinski definition) is 3. The molecule has 0 saturated carbocycles. The zero-order valence-corrected chi connectivity index (χ0v) is 9.01. The average molecular weight is 245 g/mol. The molecule has 1 fully saturated rings. The van der Waals surface area contributed by atoms with Crippen LogP contribution in [0.2, 0.25) is 0 Å². The summed E-state index contributed by atoms with van der Waals surface area (Å²) in [4.78, 5) is 8.70. The molecule has 2 unspecified atom stereocenters. The fraction of sp³-hybridized carbons (Fsp3) is 0.889. The Labute approximate surface area is 90.8 Å². The first-order valence-corrected chi connectivity index (χ1v) is 4.68. The normalized spacial score (nSPS) is 25.9. The number of halogens is 4. The van der Waals surface area contributed by atoms with E-state index in [1.807, 2.05) is 0 Å². The predicted molar refractivity (Wildman–Crippen MR) is 49.7 cm³/mol. The lowest BCUT2D eigenvalue weighted by molar-refractivity contribution is -0.156. The molecular formula is C9H15F4NO2. The molecule has 2 atom stereocenters. The van der Waals surface area contributed by atoms with Gasteiger partial charge in [0.15, 0.2) is 0 Å². The van der Waals surface area contributed by atoms with Crippen molar-refractivity contribution in [2.45, 2.75) is 31.8 Å². The lowest BCUT2D eigenvalue weighted by Crippen LogP contribution is -2.36. The number of alkyl halides is 4. The molecule has 1 rings (SSSR count). The van der Waals surface area contributed by atoms with E-state index in [-0.39, 0.29) is 5.92 Å². The minimum atomic E-state index is -4.64. The molecule has 1 aliphatic rings. The van der Waals surface area contributed by atoms with Crippen molar-refractivity contribution in [1.82, 2.24) is 5.32 Å². The van der Waals surface area contributed by atoms with Gasteiger partial charge in [-0.2, -0.15) is 13.2 Å². The molecule has 1 heterocycles. The van der Waals surface area contributed by atoms with Gasteiger partial charge >= 0.3 is 6.18 Å². The number of carbonyl (C=O) groups excluding carboxylic acids is 1. The van der Waals surface area contributed by atoms with E-state index in [9.17, 15) is 22.7 Å². The number of aliphatic hydroxyl groups is 1. The van der Waals surface area contributed by atoms with Crippen molar-refractivity contribution in [3.8, 4) is 0 Å². The molecule has 3 nitrogen and oxygen atoms in total. The molecule has 0 aromatic heterocycles. The van der Waals surface area contributed by atoms with Crippen LogP contribution in [0.25, 0.3) is 0 Å². The summed E-state index contributed by atoms with van der Waals surface area (Å²) >= 11 is 0. The van der Waals surface area contributed by atoms with Gasteiger partial charge in [0.25, 0.3) is 0 Å². The van der Waals surface area contributed by atoms with Gasteiger partial charge in [0.1, 0.15) is 6.17 Å². The molecular weight excluding hydrogens is 230 g/mol. The quantitative estimate of drug-likeness (QED) is 0.536. The summed E-state index contributed by atoms with van der Waals surface area (Å²) in [6.45, 7) is 4.27. The van der Waals surface area contributed by atoms with Crippen LogP contribution in [0.3, 0.4) is 0 Å². The van der Waals surface area contributed by atoms with E-state index in [4.69, 9.17) is 4.79 Å². The van der Waals surface area contributed by atoms with Gasteiger partial charge in [-0.1, -0.05) is 0 Å². The van der Waals surface area contributed by atoms with E-state index in [1.165, 1.54) is 0 Å². The maximum absolute atomic E-state index is 12.9. The van der Waals surface area contributed by atoms with Crippen molar-refractivity contribution < 1.29 is 27.5 Å². The van der Waals surface area contributed by atoms with Crippen LogP contribution in [-0.2, 0) is 4.79 Å². The molecule has 1 aliphatic heterocycles. The Hall–Kier alpha value is -0.690. The zero-order chi connectivity index (χ0) is 13.0. The van der Waals surface area contributed by atoms with Crippen LogP contribution >= 0.6 is 0 Å². The number of carbonyl (C=O) groups is 1. The average Bonchev–Trinajstić information content (AvgIpc) is 2.50. The van der Waals surface area contributed by atoms with E-state index < -0.39 is 24.2 Å². The smallest absolute Gasteiger partial charge is 0.390 e. The minimum absolute atomic E-state index is 0.243. The van der Waals surface area contributed by atoms with Crippen LogP contribution in [-0.4, -0.2) is 42.4 Å². The molecule has 7 heteroatoms. The molecule has 1 saturated heterocycles. The van der Waals surface area contributed by atoms with E-state index >= 15 is 0 Å². The highest BCUT2D eigenvalue weighted by molar-refractivity contribution is 5.56. The Morgan fingerprint density at radius 2 is 1.75 bits per heavy atom. The molecule has 96 valence electrons. The van der Waals surface area contributed by atoms with Crippen LogP contribution in [0, 0.1) is 5.92 Å².